The number of thiophene rings is 1. The maximum Gasteiger partial charge on any atom is 0.261 e. The Hall–Kier alpha value is -1.62. The van der Waals surface area contributed by atoms with Crippen molar-refractivity contribution in [2.75, 3.05) is 13.1 Å². The quantitative estimate of drug-likeness (QED) is 0.819. The highest BCUT2D eigenvalue weighted by Crippen LogP contribution is 2.32. The van der Waals surface area contributed by atoms with Crippen molar-refractivity contribution in [2.45, 2.75) is 31.8 Å². The zero-order chi connectivity index (χ0) is 18.1. The second-order valence-corrected chi connectivity index (χ2v) is 8.76. The van der Waals surface area contributed by atoms with E-state index in [1.54, 1.807) is 0 Å². The molecule has 3 aliphatic heterocycles. The summed E-state index contributed by atoms with van der Waals surface area (Å²) in [6, 6.07) is 12.4. The lowest BCUT2D eigenvalue weighted by atomic mass is 9.79. The van der Waals surface area contributed by atoms with E-state index in [1.807, 2.05) is 48.6 Å². The lowest BCUT2D eigenvalue weighted by Crippen LogP contribution is -2.62. The number of halogens is 1. The third-order valence-electron chi connectivity index (χ3n) is 5.61. The molecule has 3 aliphatic rings. The van der Waals surface area contributed by atoms with E-state index >= 15 is 0 Å². The van der Waals surface area contributed by atoms with E-state index < -0.39 is 0 Å². The minimum atomic E-state index is 0.0583. The Kier molecular flexibility index (Phi) is 5.16. The summed E-state index contributed by atoms with van der Waals surface area (Å²) >= 11 is 7.54. The van der Waals surface area contributed by atoms with Crippen LogP contribution in [0.25, 0.3) is 12.2 Å². The molecule has 0 unspecified atom stereocenters. The minimum absolute atomic E-state index is 0.0583. The van der Waals surface area contributed by atoms with Gasteiger partial charge in [0.1, 0.15) is 0 Å². The number of carbonyl (C=O) groups is 1. The number of piperidine rings is 3. The molecule has 0 spiro atoms. The largest absolute Gasteiger partial charge is 0.347 e. The average Bonchev–Trinajstić information content (AvgIpc) is 3.12. The van der Waals surface area contributed by atoms with Crippen LogP contribution in [0.3, 0.4) is 0 Å². The molecule has 0 radical (unpaired) electrons. The van der Waals surface area contributed by atoms with E-state index in [0.29, 0.717) is 12.0 Å². The second-order valence-electron chi connectivity index (χ2n) is 7.20. The van der Waals surface area contributed by atoms with Gasteiger partial charge in [0, 0.05) is 22.0 Å². The zero-order valence-corrected chi connectivity index (χ0v) is 16.4. The summed E-state index contributed by atoms with van der Waals surface area (Å²) in [5.74, 6) is 0.684. The van der Waals surface area contributed by atoms with Gasteiger partial charge in [-0.3, -0.25) is 9.69 Å². The molecule has 0 saturated carbocycles. The molecule has 3 saturated heterocycles. The van der Waals surface area contributed by atoms with E-state index in [-0.39, 0.29) is 11.9 Å². The highest BCUT2D eigenvalue weighted by molar-refractivity contribution is 7.14. The fraction of sp³-hybridized carbons (Fsp3) is 0.381. The first-order chi connectivity index (χ1) is 12.6. The van der Waals surface area contributed by atoms with Gasteiger partial charge in [-0.1, -0.05) is 29.8 Å². The fourth-order valence-corrected chi connectivity index (χ4v) is 5.13. The van der Waals surface area contributed by atoms with Gasteiger partial charge in [0.25, 0.3) is 5.91 Å². The Morgan fingerprint density at radius 3 is 2.77 bits per heavy atom. The summed E-state index contributed by atoms with van der Waals surface area (Å²) in [6.07, 6.45) is 6.46. The molecular formula is C21H23ClN2OS. The van der Waals surface area contributed by atoms with Crippen LogP contribution in [-0.4, -0.2) is 36.0 Å². The molecule has 2 atom stereocenters. The molecule has 5 heteroatoms. The van der Waals surface area contributed by atoms with Gasteiger partial charge in [0.15, 0.2) is 0 Å². The van der Waals surface area contributed by atoms with Gasteiger partial charge in [-0.2, -0.15) is 0 Å². The molecule has 2 aromatic rings. The first kappa shape index (κ1) is 17.8. The van der Waals surface area contributed by atoms with Gasteiger partial charge in [-0.25, -0.2) is 0 Å². The number of nitrogens with zero attached hydrogens (tertiary/aromatic N) is 1. The van der Waals surface area contributed by atoms with Gasteiger partial charge < -0.3 is 5.32 Å². The molecule has 26 heavy (non-hydrogen) atoms. The lowest BCUT2D eigenvalue weighted by Gasteiger charge is -2.49. The summed E-state index contributed by atoms with van der Waals surface area (Å²) in [5, 5.41) is 4.03. The third kappa shape index (κ3) is 3.73. The molecule has 4 heterocycles. The highest BCUT2D eigenvalue weighted by Gasteiger charge is 2.40. The number of hydrogen-bond acceptors (Lipinski definition) is 3. The van der Waals surface area contributed by atoms with Crippen LogP contribution in [0, 0.1) is 5.92 Å². The van der Waals surface area contributed by atoms with Crippen molar-refractivity contribution in [1.82, 2.24) is 10.2 Å². The van der Waals surface area contributed by atoms with E-state index in [1.165, 1.54) is 37.3 Å². The smallest absolute Gasteiger partial charge is 0.261 e. The molecule has 2 bridgehead atoms. The number of hydrogen-bond donors (Lipinski definition) is 1. The van der Waals surface area contributed by atoms with Crippen LogP contribution in [0.1, 0.15) is 39.9 Å². The maximum absolute atomic E-state index is 12.7. The first-order valence-electron chi connectivity index (χ1n) is 9.18. The van der Waals surface area contributed by atoms with Gasteiger partial charge in [-0.05, 0) is 74.7 Å². The summed E-state index contributed by atoms with van der Waals surface area (Å²) in [7, 11) is 0. The maximum atomic E-state index is 12.7. The van der Waals surface area contributed by atoms with Crippen molar-refractivity contribution in [3.63, 3.8) is 0 Å². The van der Waals surface area contributed by atoms with Crippen molar-refractivity contribution in [3.8, 4) is 0 Å². The summed E-state index contributed by atoms with van der Waals surface area (Å²) in [5.41, 5.74) is 1.05. The Bertz CT molecular complexity index is 821. The Morgan fingerprint density at radius 2 is 2.04 bits per heavy atom. The van der Waals surface area contributed by atoms with E-state index in [0.717, 1.165) is 20.3 Å². The normalized spacial score (nSPS) is 27.8. The van der Waals surface area contributed by atoms with Crippen LogP contribution in [0.2, 0.25) is 5.02 Å². The molecule has 136 valence electrons. The van der Waals surface area contributed by atoms with E-state index in [9.17, 15) is 4.79 Å². The van der Waals surface area contributed by atoms with Crippen LogP contribution in [-0.2, 0) is 0 Å². The van der Waals surface area contributed by atoms with Crippen molar-refractivity contribution >= 4 is 41.0 Å². The number of carbonyl (C=O) groups excluding carboxylic acids is 1. The van der Waals surface area contributed by atoms with Crippen LogP contribution in [0.4, 0.5) is 0 Å². The van der Waals surface area contributed by atoms with Gasteiger partial charge >= 0.3 is 0 Å². The molecule has 0 aliphatic carbocycles. The predicted octanol–water partition coefficient (Wildman–Crippen LogP) is 4.78. The van der Waals surface area contributed by atoms with Crippen LogP contribution < -0.4 is 5.32 Å². The fourth-order valence-electron chi connectivity index (χ4n) is 4.12. The molecule has 3 nitrogen and oxygen atoms in total. The third-order valence-corrected chi connectivity index (χ3v) is 6.90. The molecule has 3 fully saturated rings. The average molecular weight is 387 g/mol. The highest BCUT2D eigenvalue weighted by atomic mass is 35.5. The van der Waals surface area contributed by atoms with Gasteiger partial charge in [0.05, 0.1) is 4.88 Å². The van der Waals surface area contributed by atoms with Crippen LogP contribution in [0.15, 0.2) is 36.4 Å². The molecule has 1 aromatic heterocycles. The summed E-state index contributed by atoms with van der Waals surface area (Å²) in [4.78, 5) is 17.0. The summed E-state index contributed by atoms with van der Waals surface area (Å²) in [6.45, 7) is 4.59. The van der Waals surface area contributed by atoms with Crippen molar-refractivity contribution in [3.05, 3.63) is 56.7 Å². The lowest BCUT2D eigenvalue weighted by molar-refractivity contribution is 0.0218. The summed E-state index contributed by atoms with van der Waals surface area (Å²) < 4.78 is 0. The minimum Gasteiger partial charge on any atom is -0.347 e. The number of fused-ring (bicyclic) bond motifs is 3. The zero-order valence-electron chi connectivity index (χ0n) is 14.8. The second kappa shape index (κ2) is 7.55. The SMILES string of the molecule is C[C@H]1[C@H](NC(=O)c2ccc(C=Cc3cccc(Cl)c3)s2)C2CCN1CC2. The Morgan fingerprint density at radius 1 is 1.23 bits per heavy atom. The van der Waals surface area contributed by atoms with Crippen molar-refractivity contribution in [2.24, 2.45) is 5.92 Å². The monoisotopic (exact) mass is 386 g/mol. The number of amides is 1. The Labute approximate surface area is 163 Å². The number of rotatable bonds is 4. The van der Waals surface area contributed by atoms with E-state index in [4.69, 9.17) is 11.6 Å². The molecule has 5 rings (SSSR count). The number of benzene rings is 1. The van der Waals surface area contributed by atoms with Crippen molar-refractivity contribution in [1.29, 1.82) is 0 Å². The van der Waals surface area contributed by atoms with Crippen LogP contribution in [0.5, 0.6) is 0 Å². The van der Waals surface area contributed by atoms with Crippen LogP contribution >= 0.6 is 22.9 Å². The molecule has 1 amide bonds. The van der Waals surface area contributed by atoms with E-state index in [2.05, 4.69) is 17.1 Å². The number of nitrogens with one attached hydrogen (secondary N) is 1. The topological polar surface area (TPSA) is 32.3 Å². The molecular weight excluding hydrogens is 364 g/mol. The molecule has 1 aromatic carbocycles. The van der Waals surface area contributed by atoms with Gasteiger partial charge in [0.2, 0.25) is 0 Å². The van der Waals surface area contributed by atoms with Gasteiger partial charge in [-0.15, -0.1) is 11.3 Å². The Balaban J connectivity index is 1.42. The van der Waals surface area contributed by atoms with Crippen molar-refractivity contribution < 1.29 is 4.79 Å². The first-order valence-corrected chi connectivity index (χ1v) is 10.4. The standard InChI is InChI=1S/C21H23ClN2OS/c1-14-20(16-9-11-24(14)12-10-16)23-21(25)19-8-7-18(26-19)6-5-15-3-2-4-17(22)13-15/h2-8,13-14,16,20H,9-12H2,1H3,(H,23,25)/t14-,20-/m0/s1. The predicted molar refractivity (Wildman–Crippen MR) is 110 cm³/mol. The molecule has 1 N–H and O–H groups in total.